The number of hydrogen-bond acceptors (Lipinski definition) is 7. The van der Waals surface area contributed by atoms with Gasteiger partial charge in [-0.25, -0.2) is 14.8 Å². The van der Waals surface area contributed by atoms with Crippen LogP contribution >= 0.6 is 23.2 Å². The van der Waals surface area contributed by atoms with Gasteiger partial charge >= 0.3 is 11.8 Å². The van der Waals surface area contributed by atoms with Crippen molar-refractivity contribution in [2.45, 2.75) is 6.18 Å². The predicted octanol–water partition coefficient (Wildman–Crippen LogP) is 3.65. The van der Waals surface area contributed by atoms with Gasteiger partial charge in [0.2, 0.25) is 11.5 Å². The van der Waals surface area contributed by atoms with Crippen LogP contribution in [-0.2, 0) is 0 Å². The van der Waals surface area contributed by atoms with Gasteiger partial charge in [0.1, 0.15) is 21.8 Å². The van der Waals surface area contributed by atoms with Gasteiger partial charge in [0.15, 0.2) is 0 Å². The number of nitrogens with one attached hydrogen (secondary N) is 1. The minimum Gasteiger partial charge on any atom is -0.398 e. The highest BCUT2D eigenvalue weighted by atomic mass is 35.5. The number of benzene rings is 1. The van der Waals surface area contributed by atoms with E-state index in [4.69, 9.17) is 33.0 Å². The fourth-order valence-corrected chi connectivity index (χ4v) is 3.23. The molecule has 0 amide bonds. The van der Waals surface area contributed by atoms with Crippen LogP contribution in [0.2, 0.25) is 10.0 Å². The molecule has 8 nitrogen and oxygen atoms in total. The van der Waals surface area contributed by atoms with Crippen LogP contribution in [0.25, 0.3) is 27.6 Å². The Morgan fingerprint density at radius 2 is 1.88 bits per heavy atom. The van der Waals surface area contributed by atoms with Gasteiger partial charge in [-0.05, 0) is 18.2 Å². The third kappa shape index (κ3) is 4.17. The molecule has 3 N–H and O–H groups in total. The summed E-state index contributed by atoms with van der Waals surface area (Å²) in [5.74, 6) is -0.432. The monoisotopic (exact) mass is 481 g/mol. The summed E-state index contributed by atoms with van der Waals surface area (Å²) >= 11 is 12.4. The molecule has 0 radical (unpaired) electrons. The van der Waals surface area contributed by atoms with E-state index >= 15 is 0 Å². The molecule has 0 aliphatic rings. The van der Waals surface area contributed by atoms with Crippen LogP contribution < -0.4 is 10.9 Å². The zero-order chi connectivity index (χ0) is 23.0. The molecule has 0 fully saturated rings. The maximum atomic E-state index is 13.0. The van der Waals surface area contributed by atoms with E-state index in [0.29, 0.717) is 11.6 Å². The Labute approximate surface area is 186 Å². The maximum Gasteiger partial charge on any atom is 0.432 e. The van der Waals surface area contributed by atoms with Gasteiger partial charge in [-0.3, -0.25) is 20.7 Å². The summed E-state index contributed by atoms with van der Waals surface area (Å²) in [6, 6.07) is 4.37. The molecule has 0 saturated carbocycles. The van der Waals surface area contributed by atoms with Crippen LogP contribution in [0.3, 0.4) is 0 Å². The molecule has 0 aliphatic carbocycles. The van der Waals surface area contributed by atoms with E-state index in [1.165, 1.54) is 36.8 Å². The van der Waals surface area contributed by atoms with Crippen LogP contribution in [0, 0.1) is 5.41 Å². The van der Waals surface area contributed by atoms with Gasteiger partial charge in [0.05, 0.1) is 15.9 Å². The molecule has 0 aliphatic heterocycles. The number of quaternary nitrogens is 1. The number of aromatic nitrogens is 4. The SMILES string of the molecule is N=C(/C=C(\[NH2+]c1ncccc1Cl)c1nc2c(Cl)c3nccnc3cc2c(=O)o1)C(F)(F)F. The van der Waals surface area contributed by atoms with E-state index in [1.807, 2.05) is 0 Å². The van der Waals surface area contributed by atoms with Gasteiger partial charge in [0, 0.05) is 24.7 Å². The van der Waals surface area contributed by atoms with Gasteiger partial charge in [-0.2, -0.15) is 13.2 Å². The van der Waals surface area contributed by atoms with Gasteiger partial charge in [0.25, 0.3) is 5.89 Å². The molecular formula is C19H10Cl2F3N6O2+. The number of halogens is 5. The Morgan fingerprint density at radius 3 is 2.59 bits per heavy atom. The van der Waals surface area contributed by atoms with Crippen LogP contribution in [0.4, 0.5) is 19.0 Å². The fraction of sp³-hybridized carbons (Fsp3) is 0.0526. The van der Waals surface area contributed by atoms with Crippen LogP contribution in [0.15, 0.2) is 52.1 Å². The van der Waals surface area contributed by atoms with Crippen LogP contribution in [0.1, 0.15) is 5.89 Å². The number of allylic oxidation sites excluding steroid dienone is 1. The van der Waals surface area contributed by atoms with Crippen molar-refractivity contribution in [1.29, 1.82) is 5.41 Å². The van der Waals surface area contributed by atoms with E-state index in [2.05, 4.69) is 19.9 Å². The first-order chi connectivity index (χ1) is 15.1. The standard InChI is InChI=1S/C19H9Cl2F3N6O2/c20-9-2-1-3-28-16(9)29-11(7-12(25)19(22,23)24)17-30-14-8(18(31)32-17)6-10-15(13(14)21)27-5-4-26-10/h1-7,25H,(H,28,29)/p+1/b11-7-,25-12?. The lowest BCUT2D eigenvalue weighted by Crippen LogP contribution is -2.75. The molecule has 1 aromatic carbocycles. The first-order valence-electron chi connectivity index (χ1n) is 8.72. The van der Waals surface area contributed by atoms with Gasteiger partial charge in [-0.15, -0.1) is 0 Å². The van der Waals surface area contributed by atoms with E-state index < -0.39 is 23.4 Å². The van der Waals surface area contributed by atoms with E-state index in [9.17, 15) is 18.0 Å². The zero-order valence-corrected chi connectivity index (χ0v) is 17.1. The van der Waals surface area contributed by atoms with E-state index in [1.54, 1.807) is 0 Å². The minimum absolute atomic E-state index is 0.0270. The van der Waals surface area contributed by atoms with Crippen molar-refractivity contribution in [2.24, 2.45) is 0 Å². The second-order valence-electron chi connectivity index (χ2n) is 6.34. The van der Waals surface area contributed by atoms with Crippen molar-refractivity contribution >= 4 is 62.4 Å². The highest BCUT2D eigenvalue weighted by molar-refractivity contribution is 6.39. The Bertz CT molecular complexity index is 1470. The lowest BCUT2D eigenvalue weighted by molar-refractivity contribution is -0.475. The molecule has 0 spiro atoms. The molecule has 0 bridgehead atoms. The summed E-state index contributed by atoms with van der Waals surface area (Å²) in [6.07, 6.45) is -0.331. The van der Waals surface area contributed by atoms with Crippen molar-refractivity contribution in [1.82, 2.24) is 19.9 Å². The number of nitrogens with two attached hydrogens (primary N) is 1. The first-order valence-corrected chi connectivity index (χ1v) is 9.48. The lowest BCUT2D eigenvalue weighted by atomic mass is 10.2. The Morgan fingerprint density at radius 1 is 1.12 bits per heavy atom. The largest absolute Gasteiger partial charge is 0.432 e. The first kappa shape index (κ1) is 21.8. The van der Waals surface area contributed by atoms with Gasteiger partial charge < -0.3 is 4.42 Å². The van der Waals surface area contributed by atoms with Crippen LogP contribution in [-0.4, -0.2) is 31.8 Å². The van der Waals surface area contributed by atoms with Crippen molar-refractivity contribution < 1.29 is 22.9 Å². The van der Waals surface area contributed by atoms with Crippen LogP contribution in [0.5, 0.6) is 0 Å². The average molecular weight is 482 g/mol. The summed E-state index contributed by atoms with van der Waals surface area (Å²) in [5, 5.41) is 8.52. The van der Waals surface area contributed by atoms with Crippen molar-refractivity contribution in [3.63, 3.8) is 0 Å². The molecular weight excluding hydrogens is 472 g/mol. The summed E-state index contributed by atoms with van der Waals surface area (Å²) < 4.78 is 44.3. The summed E-state index contributed by atoms with van der Waals surface area (Å²) in [6.45, 7) is 0. The molecule has 4 rings (SSSR count). The van der Waals surface area contributed by atoms with Crippen molar-refractivity contribution in [2.75, 3.05) is 0 Å². The maximum absolute atomic E-state index is 13.0. The Kier molecular flexibility index (Phi) is 5.63. The van der Waals surface area contributed by atoms with Crippen molar-refractivity contribution in [3.8, 4) is 0 Å². The molecule has 4 aromatic rings. The summed E-state index contributed by atoms with van der Waals surface area (Å²) in [5.41, 5.74) is -2.46. The molecule has 32 heavy (non-hydrogen) atoms. The minimum atomic E-state index is -4.95. The van der Waals surface area contributed by atoms with Gasteiger partial charge in [-0.1, -0.05) is 23.2 Å². The van der Waals surface area contributed by atoms with E-state index in [-0.39, 0.29) is 38.0 Å². The molecule has 0 unspecified atom stereocenters. The quantitative estimate of drug-likeness (QED) is 0.338. The average Bonchev–Trinajstić information content (AvgIpc) is 2.75. The highest BCUT2D eigenvalue weighted by Crippen LogP contribution is 2.28. The molecule has 0 atom stereocenters. The number of hydrogen-bond donors (Lipinski definition) is 2. The third-order valence-corrected chi connectivity index (χ3v) is 4.91. The number of pyridine rings is 1. The third-order valence-electron chi connectivity index (χ3n) is 4.23. The molecule has 162 valence electrons. The number of fused-ring (bicyclic) bond motifs is 2. The normalized spacial score (nSPS) is 12.5. The Hall–Kier alpha value is -3.41. The molecule has 13 heteroatoms. The topological polar surface area (TPSA) is 122 Å². The molecule has 3 aromatic heterocycles. The lowest BCUT2D eigenvalue weighted by Gasteiger charge is -2.09. The fourth-order valence-electron chi connectivity index (χ4n) is 2.77. The van der Waals surface area contributed by atoms with Crippen molar-refractivity contribution in [3.05, 3.63) is 69.2 Å². The summed E-state index contributed by atoms with van der Waals surface area (Å²) in [7, 11) is 0. The Balaban J connectivity index is 1.95. The number of rotatable bonds is 4. The second-order valence-corrected chi connectivity index (χ2v) is 7.13. The molecule has 0 saturated heterocycles. The number of alkyl halides is 3. The second kappa shape index (κ2) is 8.26. The number of nitrogens with zero attached hydrogens (tertiary/aromatic N) is 4. The smallest absolute Gasteiger partial charge is 0.398 e. The highest BCUT2D eigenvalue weighted by Gasteiger charge is 2.34. The predicted molar refractivity (Wildman–Crippen MR) is 111 cm³/mol. The molecule has 3 heterocycles. The summed E-state index contributed by atoms with van der Waals surface area (Å²) in [4.78, 5) is 28.9. The zero-order valence-electron chi connectivity index (χ0n) is 15.6. The van der Waals surface area contributed by atoms with E-state index in [0.717, 1.165) is 5.32 Å².